The Morgan fingerprint density at radius 2 is 1.96 bits per heavy atom. The van der Waals surface area contributed by atoms with E-state index in [4.69, 9.17) is 4.74 Å². The zero-order valence-electron chi connectivity index (χ0n) is 15.0. The molecular weight excluding hydrogens is 342 g/mol. The molecular formula is C20H19N5O2. The summed E-state index contributed by atoms with van der Waals surface area (Å²) < 4.78 is 7.21. The molecule has 7 heteroatoms. The molecule has 1 aliphatic heterocycles. The van der Waals surface area contributed by atoms with E-state index in [-0.39, 0.29) is 5.91 Å². The first kappa shape index (κ1) is 16.0. The normalized spacial score (nSPS) is 14.9. The molecule has 5 rings (SSSR count). The fourth-order valence-corrected chi connectivity index (χ4v) is 3.55. The van der Waals surface area contributed by atoms with Gasteiger partial charge in [-0.2, -0.15) is 0 Å². The number of benzene rings is 1. The Morgan fingerprint density at radius 1 is 1.15 bits per heavy atom. The number of carbonyl (C=O) groups excluding carboxylic acids is 1. The summed E-state index contributed by atoms with van der Waals surface area (Å²) in [5, 5.41) is 0. The molecule has 7 nitrogen and oxygen atoms in total. The third kappa shape index (κ3) is 2.76. The molecule has 0 bridgehead atoms. The average molecular weight is 361 g/mol. The van der Waals surface area contributed by atoms with Crippen molar-refractivity contribution < 1.29 is 9.53 Å². The molecule has 0 radical (unpaired) electrons. The molecule has 4 aromatic rings. The van der Waals surface area contributed by atoms with Crippen LogP contribution in [0, 0.1) is 6.92 Å². The van der Waals surface area contributed by atoms with Crippen LogP contribution in [-0.4, -0.2) is 56.5 Å². The first-order valence-corrected chi connectivity index (χ1v) is 9.00. The zero-order chi connectivity index (χ0) is 18.4. The lowest BCUT2D eigenvalue weighted by Gasteiger charge is -2.26. The van der Waals surface area contributed by atoms with Crippen LogP contribution in [0.2, 0.25) is 0 Å². The van der Waals surface area contributed by atoms with Gasteiger partial charge in [-0.3, -0.25) is 9.20 Å². The summed E-state index contributed by atoms with van der Waals surface area (Å²) in [4.78, 5) is 26.8. The third-order valence-corrected chi connectivity index (χ3v) is 4.96. The van der Waals surface area contributed by atoms with Gasteiger partial charge in [-0.1, -0.05) is 6.07 Å². The molecule has 1 N–H and O–H groups in total. The summed E-state index contributed by atoms with van der Waals surface area (Å²) in [7, 11) is 0. The van der Waals surface area contributed by atoms with E-state index in [0.717, 1.165) is 33.6 Å². The van der Waals surface area contributed by atoms with Gasteiger partial charge in [-0.25, -0.2) is 9.97 Å². The number of ether oxygens (including phenoxy) is 1. The Morgan fingerprint density at radius 3 is 2.81 bits per heavy atom. The smallest absolute Gasteiger partial charge is 0.272 e. The van der Waals surface area contributed by atoms with Crippen LogP contribution in [-0.2, 0) is 4.74 Å². The molecule has 0 atom stereocenters. The van der Waals surface area contributed by atoms with Gasteiger partial charge in [0.1, 0.15) is 17.2 Å². The molecule has 1 saturated heterocycles. The molecule has 1 fully saturated rings. The lowest BCUT2D eigenvalue weighted by molar-refractivity contribution is 0.0298. The number of imidazole rings is 2. The van der Waals surface area contributed by atoms with Crippen molar-refractivity contribution in [2.45, 2.75) is 6.92 Å². The molecule has 1 aromatic carbocycles. The van der Waals surface area contributed by atoms with Gasteiger partial charge >= 0.3 is 0 Å². The maximum absolute atomic E-state index is 12.9. The molecule has 0 unspecified atom stereocenters. The number of fused-ring (bicyclic) bond motifs is 2. The number of nitrogens with one attached hydrogen (secondary N) is 1. The van der Waals surface area contributed by atoms with E-state index in [0.29, 0.717) is 32.0 Å². The van der Waals surface area contributed by atoms with Gasteiger partial charge < -0.3 is 14.6 Å². The lowest BCUT2D eigenvalue weighted by Crippen LogP contribution is -2.41. The minimum atomic E-state index is -0.0115. The van der Waals surface area contributed by atoms with Crippen molar-refractivity contribution in [3.63, 3.8) is 0 Å². The number of aromatic amines is 1. The predicted octanol–water partition coefficient (Wildman–Crippen LogP) is 2.66. The molecule has 0 aliphatic carbocycles. The number of hydrogen-bond acceptors (Lipinski definition) is 4. The number of amides is 1. The number of morpholine rings is 1. The largest absolute Gasteiger partial charge is 0.378 e. The number of rotatable bonds is 2. The van der Waals surface area contributed by atoms with Crippen LogP contribution in [0.15, 0.2) is 42.7 Å². The molecule has 1 aliphatic rings. The van der Waals surface area contributed by atoms with Gasteiger partial charge in [-0.05, 0) is 42.3 Å². The second kappa shape index (κ2) is 6.21. The second-order valence-corrected chi connectivity index (χ2v) is 6.75. The van der Waals surface area contributed by atoms with Gasteiger partial charge in [-0.15, -0.1) is 0 Å². The van der Waals surface area contributed by atoms with Crippen molar-refractivity contribution >= 4 is 22.6 Å². The van der Waals surface area contributed by atoms with Gasteiger partial charge in [0, 0.05) is 19.3 Å². The van der Waals surface area contributed by atoms with Crippen LogP contribution < -0.4 is 0 Å². The Bertz CT molecular complexity index is 1150. The molecule has 3 aromatic heterocycles. The Kier molecular flexibility index (Phi) is 3.68. The second-order valence-electron chi connectivity index (χ2n) is 6.75. The summed E-state index contributed by atoms with van der Waals surface area (Å²) in [6.07, 6.45) is 3.62. The van der Waals surface area contributed by atoms with Gasteiger partial charge in [0.2, 0.25) is 0 Å². The highest BCUT2D eigenvalue weighted by atomic mass is 16.5. The van der Waals surface area contributed by atoms with Gasteiger partial charge in [0.05, 0.1) is 30.4 Å². The van der Waals surface area contributed by atoms with Crippen molar-refractivity contribution in [3.8, 4) is 11.1 Å². The maximum atomic E-state index is 12.9. The molecule has 4 heterocycles. The van der Waals surface area contributed by atoms with E-state index < -0.39 is 0 Å². The van der Waals surface area contributed by atoms with Crippen LogP contribution in [0.3, 0.4) is 0 Å². The van der Waals surface area contributed by atoms with Crippen LogP contribution in [0.25, 0.3) is 27.8 Å². The van der Waals surface area contributed by atoms with E-state index in [1.54, 1.807) is 6.20 Å². The SMILES string of the molecule is Cc1nc2ccc(-c3ccc4ncc(C(=O)N5CCOCC5)n4c3)cc2[nH]1. The first-order valence-electron chi connectivity index (χ1n) is 9.00. The Balaban J connectivity index is 1.56. The van der Waals surface area contributed by atoms with Crippen LogP contribution in [0.1, 0.15) is 16.3 Å². The van der Waals surface area contributed by atoms with E-state index >= 15 is 0 Å². The van der Waals surface area contributed by atoms with Crippen molar-refractivity contribution in [2.75, 3.05) is 26.3 Å². The van der Waals surface area contributed by atoms with Crippen molar-refractivity contribution in [1.82, 2.24) is 24.3 Å². The van der Waals surface area contributed by atoms with Crippen molar-refractivity contribution in [2.24, 2.45) is 0 Å². The summed E-state index contributed by atoms with van der Waals surface area (Å²) in [5.41, 5.74) is 5.36. The fraction of sp³-hybridized carbons (Fsp3) is 0.250. The maximum Gasteiger partial charge on any atom is 0.272 e. The monoisotopic (exact) mass is 361 g/mol. The lowest BCUT2D eigenvalue weighted by atomic mass is 10.1. The summed E-state index contributed by atoms with van der Waals surface area (Å²) >= 11 is 0. The highest BCUT2D eigenvalue weighted by Crippen LogP contribution is 2.24. The molecule has 0 saturated carbocycles. The molecule has 0 spiro atoms. The summed E-state index contributed by atoms with van der Waals surface area (Å²) in [5.74, 6) is 0.883. The molecule has 1 amide bonds. The average Bonchev–Trinajstić information content (AvgIpc) is 3.29. The Labute approximate surface area is 155 Å². The number of nitrogens with zero attached hydrogens (tertiary/aromatic N) is 4. The van der Waals surface area contributed by atoms with Crippen LogP contribution in [0.4, 0.5) is 0 Å². The number of pyridine rings is 1. The number of aryl methyl sites for hydroxylation is 1. The van der Waals surface area contributed by atoms with Gasteiger partial charge in [0.15, 0.2) is 0 Å². The summed E-state index contributed by atoms with van der Waals surface area (Å²) in [6, 6.07) is 10.1. The molecule has 136 valence electrons. The highest BCUT2D eigenvalue weighted by molar-refractivity contribution is 5.93. The third-order valence-electron chi connectivity index (χ3n) is 4.96. The number of H-pyrrole nitrogens is 1. The van der Waals surface area contributed by atoms with E-state index in [9.17, 15) is 4.79 Å². The van der Waals surface area contributed by atoms with Gasteiger partial charge in [0.25, 0.3) is 5.91 Å². The van der Waals surface area contributed by atoms with Crippen molar-refractivity contribution in [1.29, 1.82) is 0 Å². The predicted molar refractivity (Wildman–Crippen MR) is 102 cm³/mol. The number of carbonyl (C=O) groups is 1. The first-order chi connectivity index (χ1) is 13.2. The van der Waals surface area contributed by atoms with E-state index in [1.807, 2.05) is 46.7 Å². The summed E-state index contributed by atoms with van der Waals surface area (Å²) in [6.45, 7) is 4.33. The topological polar surface area (TPSA) is 75.5 Å². The van der Waals surface area contributed by atoms with Crippen LogP contribution >= 0.6 is 0 Å². The fourth-order valence-electron chi connectivity index (χ4n) is 3.55. The number of aromatic nitrogens is 4. The highest BCUT2D eigenvalue weighted by Gasteiger charge is 2.21. The molecule has 27 heavy (non-hydrogen) atoms. The van der Waals surface area contributed by atoms with E-state index in [2.05, 4.69) is 21.0 Å². The standard InChI is InChI=1S/C20H19N5O2/c1-13-22-16-4-2-14(10-17(16)23-13)15-3-5-19-21-11-18(25(19)12-15)20(26)24-6-8-27-9-7-24/h2-5,10-12H,6-9H2,1H3,(H,22,23). The Hall–Kier alpha value is -3.19. The minimum Gasteiger partial charge on any atom is -0.378 e. The minimum absolute atomic E-state index is 0.0115. The van der Waals surface area contributed by atoms with Crippen LogP contribution in [0.5, 0.6) is 0 Å². The quantitative estimate of drug-likeness (QED) is 0.596. The zero-order valence-corrected chi connectivity index (χ0v) is 15.0. The van der Waals surface area contributed by atoms with E-state index in [1.165, 1.54) is 0 Å². The van der Waals surface area contributed by atoms with Crippen molar-refractivity contribution in [3.05, 3.63) is 54.2 Å². The number of hydrogen-bond donors (Lipinski definition) is 1.